The van der Waals surface area contributed by atoms with Gasteiger partial charge in [0.25, 0.3) is 0 Å². The summed E-state index contributed by atoms with van der Waals surface area (Å²) < 4.78 is 47.1. The molecule has 3 heterocycles. The van der Waals surface area contributed by atoms with Crippen LogP contribution in [0.3, 0.4) is 0 Å². The quantitative estimate of drug-likeness (QED) is 0.735. The summed E-state index contributed by atoms with van der Waals surface area (Å²) in [5, 5.41) is 0.158. The zero-order chi connectivity index (χ0) is 19.7. The van der Waals surface area contributed by atoms with Crippen molar-refractivity contribution in [2.75, 3.05) is 31.1 Å². The molecule has 2 aliphatic rings. The average molecular weight is 426 g/mol. The largest absolute Gasteiger partial charge is 0.485 e. The Morgan fingerprint density at radius 2 is 1.96 bits per heavy atom. The van der Waals surface area contributed by atoms with E-state index in [2.05, 4.69) is 9.88 Å². The van der Waals surface area contributed by atoms with E-state index in [0.717, 1.165) is 37.8 Å². The van der Waals surface area contributed by atoms with Gasteiger partial charge in [-0.2, -0.15) is 4.31 Å². The second-order valence-corrected chi connectivity index (χ2v) is 9.33. The van der Waals surface area contributed by atoms with Crippen LogP contribution in [0.5, 0.6) is 5.75 Å². The average Bonchev–Trinajstić information content (AvgIpc) is 3.34. The van der Waals surface area contributed by atoms with E-state index in [4.69, 9.17) is 16.3 Å². The summed E-state index contributed by atoms with van der Waals surface area (Å²) in [6, 6.07) is 7.25. The number of sulfonamides is 1. The molecule has 0 saturated carbocycles. The monoisotopic (exact) mass is 425 g/mol. The Morgan fingerprint density at radius 1 is 1.18 bits per heavy atom. The minimum atomic E-state index is -3.94. The normalized spacial score (nSPS) is 20.6. The van der Waals surface area contributed by atoms with Gasteiger partial charge in [0.1, 0.15) is 16.8 Å². The molecule has 28 heavy (non-hydrogen) atoms. The molecule has 0 radical (unpaired) electrons. The number of halogens is 2. The van der Waals surface area contributed by atoms with E-state index in [0.29, 0.717) is 12.2 Å². The van der Waals surface area contributed by atoms with Crippen molar-refractivity contribution in [3.63, 3.8) is 0 Å². The van der Waals surface area contributed by atoms with Gasteiger partial charge in [-0.1, -0.05) is 11.6 Å². The SMILES string of the molecule is O=S(=O)(c1ccc(Cl)cc1F)N1CC[C@H](Oc2cccnc2N2CCCC2)C1. The summed E-state index contributed by atoms with van der Waals surface area (Å²) >= 11 is 5.73. The molecule has 0 N–H and O–H groups in total. The van der Waals surface area contributed by atoms with Crippen LogP contribution < -0.4 is 9.64 Å². The van der Waals surface area contributed by atoms with Crippen LogP contribution in [0.4, 0.5) is 10.2 Å². The van der Waals surface area contributed by atoms with Gasteiger partial charge in [-0.25, -0.2) is 17.8 Å². The highest BCUT2D eigenvalue weighted by atomic mass is 35.5. The number of benzene rings is 1. The fraction of sp³-hybridized carbons (Fsp3) is 0.421. The number of hydrogen-bond donors (Lipinski definition) is 0. The number of anilines is 1. The Morgan fingerprint density at radius 3 is 2.71 bits per heavy atom. The minimum absolute atomic E-state index is 0.158. The van der Waals surface area contributed by atoms with Gasteiger partial charge < -0.3 is 9.64 Å². The molecular formula is C19H21ClFN3O3S. The van der Waals surface area contributed by atoms with Crippen molar-refractivity contribution in [3.05, 3.63) is 47.4 Å². The van der Waals surface area contributed by atoms with Crippen LogP contribution in [0.25, 0.3) is 0 Å². The fourth-order valence-electron chi connectivity index (χ4n) is 3.66. The first-order chi connectivity index (χ1) is 13.4. The third kappa shape index (κ3) is 3.81. The van der Waals surface area contributed by atoms with Gasteiger partial charge in [-0.05, 0) is 49.6 Å². The molecule has 150 valence electrons. The molecule has 6 nitrogen and oxygen atoms in total. The molecule has 1 atom stereocenters. The Balaban J connectivity index is 1.49. The molecule has 0 amide bonds. The van der Waals surface area contributed by atoms with Crippen molar-refractivity contribution in [2.45, 2.75) is 30.3 Å². The van der Waals surface area contributed by atoms with Crippen LogP contribution in [0.15, 0.2) is 41.4 Å². The third-order valence-corrected chi connectivity index (χ3v) is 7.20. The van der Waals surface area contributed by atoms with E-state index in [1.165, 1.54) is 16.4 Å². The lowest BCUT2D eigenvalue weighted by molar-refractivity contribution is 0.215. The Kier molecular flexibility index (Phi) is 5.44. The van der Waals surface area contributed by atoms with Gasteiger partial charge in [0, 0.05) is 30.9 Å². The number of pyridine rings is 1. The number of aromatic nitrogens is 1. The lowest BCUT2D eigenvalue weighted by Gasteiger charge is -2.22. The van der Waals surface area contributed by atoms with Gasteiger partial charge in [-0.3, -0.25) is 0 Å². The first-order valence-corrected chi connectivity index (χ1v) is 11.1. The van der Waals surface area contributed by atoms with Crippen molar-refractivity contribution >= 4 is 27.4 Å². The number of rotatable bonds is 5. The summed E-state index contributed by atoms with van der Waals surface area (Å²) in [7, 11) is -3.94. The van der Waals surface area contributed by atoms with Gasteiger partial charge in [0.05, 0.1) is 6.54 Å². The van der Waals surface area contributed by atoms with E-state index in [1.807, 2.05) is 6.07 Å². The van der Waals surface area contributed by atoms with E-state index in [-0.39, 0.29) is 29.1 Å². The maximum absolute atomic E-state index is 14.1. The summed E-state index contributed by atoms with van der Waals surface area (Å²) in [6.07, 6.45) is 4.20. The molecule has 2 aliphatic heterocycles. The Hall–Kier alpha value is -1.90. The third-order valence-electron chi connectivity index (χ3n) is 5.07. The molecule has 1 aromatic carbocycles. The Bertz CT molecular complexity index is 967. The fourth-order valence-corrected chi connectivity index (χ4v) is 5.35. The van der Waals surface area contributed by atoms with Crippen molar-refractivity contribution in [1.29, 1.82) is 0 Å². The van der Waals surface area contributed by atoms with Crippen molar-refractivity contribution < 1.29 is 17.5 Å². The molecule has 0 unspecified atom stereocenters. The first kappa shape index (κ1) is 19.4. The van der Waals surface area contributed by atoms with E-state index in [9.17, 15) is 12.8 Å². The second-order valence-electron chi connectivity index (χ2n) is 6.99. The molecule has 2 aromatic rings. The lowest BCUT2D eigenvalue weighted by Crippen LogP contribution is -2.32. The minimum Gasteiger partial charge on any atom is -0.485 e. The molecule has 0 spiro atoms. The van der Waals surface area contributed by atoms with E-state index < -0.39 is 15.8 Å². The van der Waals surface area contributed by atoms with E-state index in [1.54, 1.807) is 12.3 Å². The van der Waals surface area contributed by atoms with Crippen molar-refractivity contribution in [2.24, 2.45) is 0 Å². The number of ether oxygens (including phenoxy) is 1. The van der Waals surface area contributed by atoms with Gasteiger partial charge in [0.2, 0.25) is 10.0 Å². The maximum Gasteiger partial charge on any atom is 0.246 e. The van der Waals surface area contributed by atoms with Crippen LogP contribution in [0.1, 0.15) is 19.3 Å². The number of nitrogens with zero attached hydrogens (tertiary/aromatic N) is 3. The summed E-state index contributed by atoms with van der Waals surface area (Å²) in [4.78, 5) is 6.26. The van der Waals surface area contributed by atoms with Crippen LogP contribution in [0.2, 0.25) is 5.02 Å². The summed E-state index contributed by atoms with van der Waals surface area (Å²) in [5.74, 6) is 0.608. The molecule has 1 aromatic heterocycles. The molecule has 9 heteroatoms. The Labute approximate surface area is 168 Å². The molecule has 2 saturated heterocycles. The molecule has 2 fully saturated rings. The smallest absolute Gasteiger partial charge is 0.246 e. The highest BCUT2D eigenvalue weighted by Gasteiger charge is 2.35. The second kappa shape index (κ2) is 7.85. The topological polar surface area (TPSA) is 62.7 Å². The van der Waals surface area contributed by atoms with Crippen molar-refractivity contribution in [3.8, 4) is 5.75 Å². The van der Waals surface area contributed by atoms with Gasteiger partial charge in [-0.15, -0.1) is 0 Å². The summed E-state index contributed by atoms with van der Waals surface area (Å²) in [5.41, 5.74) is 0. The molecule has 4 rings (SSSR count). The highest BCUT2D eigenvalue weighted by molar-refractivity contribution is 7.89. The van der Waals surface area contributed by atoms with Crippen LogP contribution in [-0.2, 0) is 10.0 Å². The van der Waals surface area contributed by atoms with E-state index >= 15 is 0 Å². The van der Waals surface area contributed by atoms with Crippen LogP contribution in [-0.4, -0.2) is 50.0 Å². The molecule has 0 aliphatic carbocycles. The lowest BCUT2D eigenvalue weighted by atomic mass is 10.3. The van der Waals surface area contributed by atoms with Gasteiger partial charge >= 0.3 is 0 Å². The highest BCUT2D eigenvalue weighted by Crippen LogP contribution is 2.32. The zero-order valence-corrected chi connectivity index (χ0v) is 16.8. The number of hydrogen-bond acceptors (Lipinski definition) is 5. The van der Waals surface area contributed by atoms with Crippen molar-refractivity contribution in [1.82, 2.24) is 9.29 Å². The standard InChI is InChI=1S/C19H21ClFN3O3S/c20-14-5-6-18(16(21)12-14)28(25,26)24-11-7-15(13-24)27-17-4-3-8-22-19(17)23-9-1-2-10-23/h3-6,8,12,15H,1-2,7,9-11,13H2/t15-/m0/s1. The van der Waals surface area contributed by atoms with Crippen LogP contribution >= 0.6 is 11.6 Å². The molecular weight excluding hydrogens is 405 g/mol. The zero-order valence-electron chi connectivity index (χ0n) is 15.2. The predicted octanol–water partition coefficient (Wildman–Crippen LogP) is 3.32. The molecule has 0 bridgehead atoms. The van der Waals surface area contributed by atoms with Gasteiger partial charge in [0.15, 0.2) is 11.6 Å². The first-order valence-electron chi connectivity index (χ1n) is 9.27. The predicted molar refractivity (Wildman–Crippen MR) is 105 cm³/mol. The van der Waals surface area contributed by atoms with Crippen LogP contribution in [0, 0.1) is 5.82 Å². The maximum atomic E-state index is 14.1. The summed E-state index contributed by atoms with van der Waals surface area (Å²) in [6.45, 7) is 2.32.